The van der Waals surface area contributed by atoms with Gasteiger partial charge in [0.05, 0.1) is 0 Å². The number of aryl methyl sites for hydroxylation is 1. The van der Waals surface area contributed by atoms with Crippen molar-refractivity contribution in [1.82, 2.24) is 0 Å². The van der Waals surface area contributed by atoms with Crippen molar-refractivity contribution in [2.24, 2.45) is 5.92 Å². The van der Waals surface area contributed by atoms with Crippen molar-refractivity contribution in [2.45, 2.75) is 71.6 Å². The molecule has 2 nitrogen and oxygen atoms in total. The third-order valence-corrected chi connectivity index (χ3v) is 5.35. The molecule has 2 atom stereocenters. The van der Waals surface area contributed by atoms with Crippen molar-refractivity contribution in [2.75, 3.05) is 0 Å². The van der Waals surface area contributed by atoms with Crippen LogP contribution in [0.2, 0.25) is 0 Å². The Labute approximate surface area is 146 Å². The van der Waals surface area contributed by atoms with Crippen LogP contribution >= 0.6 is 0 Å². The van der Waals surface area contributed by atoms with Crippen LogP contribution in [-0.4, -0.2) is 10.2 Å². The Bertz CT molecular complexity index is 589. The lowest BCUT2D eigenvalue weighted by atomic mass is 9.72. The van der Waals surface area contributed by atoms with Crippen LogP contribution < -0.4 is 0 Å². The van der Waals surface area contributed by atoms with Gasteiger partial charge in [-0.3, -0.25) is 0 Å². The number of hydrogen-bond acceptors (Lipinski definition) is 2. The molecule has 1 aliphatic rings. The van der Waals surface area contributed by atoms with Crippen LogP contribution in [0.15, 0.2) is 35.9 Å². The maximum Gasteiger partial charge on any atom is 0.123 e. The molecule has 0 bridgehead atoms. The van der Waals surface area contributed by atoms with Crippen LogP contribution in [0.5, 0.6) is 11.5 Å². The summed E-state index contributed by atoms with van der Waals surface area (Å²) in [5, 5.41) is 21.3. The average molecular weight is 328 g/mol. The van der Waals surface area contributed by atoms with Crippen LogP contribution in [0.3, 0.4) is 0 Å². The Morgan fingerprint density at radius 1 is 1.17 bits per heavy atom. The highest BCUT2D eigenvalue weighted by Crippen LogP contribution is 2.48. The summed E-state index contributed by atoms with van der Waals surface area (Å²) in [6.45, 7) is 10.5. The molecule has 2 rings (SSSR count). The SMILES string of the molecule is C=C(C)[C@H]1CC=C(CC)CC1c1c(O)cc(CCCCC)cc1O. The molecule has 2 heteroatoms. The second-order valence-electron chi connectivity index (χ2n) is 7.22. The molecular weight excluding hydrogens is 296 g/mol. The van der Waals surface area contributed by atoms with Crippen LogP contribution in [-0.2, 0) is 6.42 Å². The van der Waals surface area contributed by atoms with E-state index in [0.29, 0.717) is 5.56 Å². The summed E-state index contributed by atoms with van der Waals surface area (Å²) >= 11 is 0. The van der Waals surface area contributed by atoms with Crippen LogP contribution in [0.1, 0.15) is 76.3 Å². The van der Waals surface area contributed by atoms with Gasteiger partial charge in [0.25, 0.3) is 0 Å². The minimum absolute atomic E-state index is 0.118. The highest BCUT2D eigenvalue weighted by Gasteiger charge is 2.31. The van der Waals surface area contributed by atoms with Crippen LogP contribution in [0.25, 0.3) is 0 Å². The van der Waals surface area contributed by atoms with Gasteiger partial charge < -0.3 is 10.2 Å². The van der Waals surface area contributed by atoms with E-state index in [1.807, 2.05) is 12.1 Å². The van der Waals surface area contributed by atoms with Crippen molar-refractivity contribution in [1.29, 1.82) is 0 Å². The molecule has 0 amide bonds. The molecule has 1 aromatic carbocycles. The summed E-state index contributed by atoms with van der Waals surface area (Å²) in [6.07, 6.45) is 9.52. The van der Waals surface area contributed by atoms with Crippen molar-refractivity contribution in [3.63, 3.8) is 0 Å². The average Bonchev–Trinajstić information content (AvgIpc) is 2.54. The maximum absolute atomic E-state index is 10.6. The molecule has 0 spiro atoms. The largest absolute Gasteiger partial charge is 0.508 e. The van der Waals surface area contributed by atoms with Gasteiger partial charge in [-0.25, -0.2) is 0 Å². The van der Waals surface area contributed by atoms with E-state index in [4.69, 9.17) is 0 Å². The molecule has 0 aromatic heterocycles. The van der Waals surface area contributed by atoms with Gasteiger partial charge >= 0.3 is 0 Å². The molecule has 1 aliphatic carbocycles. The highest BCUT2D eigenvalue weighted by atomic mass is 16.3. The third-order valence-electron chi connectivity index (χ3n) is 5.35. The zero-order chi connectivity index (χ0) is 17.7. The van der Waals surface area contributed by atoms with Gasteiger partial charge in [-0.05, 0) is 62.6 Å². The topological polar surface area (TPSA) is 40.5 Å². The van der Waals surface area contributed by atoms with Gasteiger partial charge in [-0.2, -0.15) is 0 Å². The molecule has 0 saturated carbocycles. The Balaban J connectivity index is 2.32. The molecule has 24 heavy (non-hydrogen) atoms. The smallest absolute Gasteiger partial charge is 0.123 e. The number of allylic oxidation sites excluding steroid dienone is 3. The number of hydrogen-bond donors (Lipinski definition) is 2. The van der Waals surface area contributed by atoms with E-state index in [-0.39, 0.29) is 23.3 Å². The van der Waals surface area contributed by atoms with E-state index in [1.54, 1.807) is 0 Å². The fourth-order valence-corrected chi connectivity index (χ4v) is 3.89. The molecule has 2 N–H and O–H groups in total. The molecule has 0 fully saturated rings. The molecule has 0 radical (unpaired) electrons. The first-order chi connectivity index (χ1) is 11.5. The standard InChI is InChI=1S/C22H32O2/c1-5-7-8-9-17-13-20(23)22(21(24)14-17)19-12-16(6-2)10-11-18(19)15(3)4/h10,13-14,18-19,23-24H,3,5-9,11-12H2,1-2,4H3/t18-,19?/m1/s1. The molecule has 132 valence electrons. The Kier molecular flexibility index (Phi) is 6.53. The number of unbranched alkanes of at least 4 members (excludes halogenated alkanes) is 2. The molecular formula is C22H32O2. The van der Waals surface area contributed by atoms with E-state index < -0.39 is 0 Å². The van der Waals surface area contributed by atoms with Gasteiger partial charge in [0.1, 0.15) is 11.5 Å². The van der Waals surface area contributed by atoms with Crippen molar-refractivity contribution < 1.29 is 10.2 Å². The zero-order valence-electron chi connectivity index (χ0n) is 15.4. The first-order valence-electron chi connectivity index (χ1n) is 9.35. The van der Waals surface area contributed by atoms with Gasteiger partial charge in [-0.15, -0.1) is 0 Å². The van der Waals surface area contributed by atoms with Crippen LogP contribution in [0.4, 0.5) is 0 Å². The molecule has 0 heterocycles. The fourth-order valence-electron chi connectivity index (χ4n) is 3.89. The minimum atomic E-state index is 0.118. The predicted octanol–water partition coefficient (Wildman–Crippen LogP) is 6.24. The second kappa shape index (κ2) is 8.41. The van der Waals surface area contributed by atoms with Gasteiger partial charge in [0.15, 0.2) is 0 Å². The zero-order valence-corrected chi connectivity index (χ0v) is 15.4. The number of rotatable bonds is 7. The Morgan fingerprint density at radius 2 is 1.83 bits per heavy atom. The number of aromatic hydroxyl groups is 2. The van der Waals surface area contributed by atoms with E-state index in [2.05, 4.69) is 33.4 Å². The normalized spacial score (nSPS) is 20.7. The Morgan fingerprint density at radius 3 is 2.38 bits per heavy atom. The molecule has 0 aliphatic heterocycles. The summed E-state index contributed by atoms with van der Waals surface area (Å²) in [6, 6.07) is 3.70. The highest BCUT2D eigenvalue weighted by molar-refractivity contribution is 5.50. The first kappa shape index (κ1) is 18.6. The van der Waals surface area contributed by atoms with Crippen molar-refractivity contribution >= 4 is 0 Å². The molecule has 1 unspecified atom stereocenters. The van der Waals surface area contributed by atoms with E-state index in [9.17, 15) is 10.2 Å². The monoisotopic (exact) mass is 328 g/mol. The maximum atomic E-state index is 10.6. The van der Waals surface area contributed by atoms with Crippen molar-refractivity contribution in [3.8, 4) is 11.5 Å². The van der Waals surface area contributed by atoms with Gasteiger partial charge in [0, 0.05) is 11.5 Å². The minimum Gasteiger partial charge on any atom is -0.508 e. The molecule has 0 saturated heterocycles. The predicted molar refractivity (Wildman–Crippen MR) is 102 cm³/mol. The molecule has 1 aromatic rings. The lowest BCUT2D eigenvalue weighted by molar-refractivity contribution is 0.389. The number of phenolic OH excluding ortho intramolecular Hbond substituents is 2. The fraction of sp³-hybridized carbons (Fsp3) is 0.545. The van der Waals surface area contributed by atoms with Gasteiger partial charge in [0.2, 0.25) is 0 Å². The summed E-state index contributed by atoms with van der Waals surface area (Å²) in [5.41, 5.74) is 4.26. The van der Waals surface area contributed by atoms with E-state index >= 15 is 0 Å². The third kappa shape index (κ3) is 4.23. The summed E-state index contributed by atoms with van der Waals surface area (Å²) in [7, 11) is 0. The van der Waals surface area contributed by atoms with Crippen molar-refractivity contribution in [3.05, 3.63) is 47.1 Å². The van der Waals surface area contributed by atoms with E-state index in [1.165, 1.54) is 18.4 Å². The number of phenols is 2. The number of benzene rings is 1. The lowest BCUT2D eigenvalue weighted by Crippen LogP contribution is -2.18. The summed E-state index contributed by atoms with van der Waals surface area (Å²) in [5.74, 6) is 0.889. The second-order valence-corrected chi connectivity index (χ2v) is 7.22. The van der Waals surface area contributed by atoms with Crippen LogP contribution in [0, 0.1) is 5.92 Å². The first-order valence-corrected chi connectivity index (χ1v) is 9.35. The van der Waals surface area contributed by atoms with Gasteiger partial charge in [-0.1, -0.05) is 50.5 Å². The van der Waals surface area contributed by atoms with E-state index in [0.717, 1.165) is 43.2 Å². The summed E-state index contributed by atoms with van der Waals surface area (Å²) < 4.78 is 0. The lowest BCUT2D eigenvalue weighted by Gasteiger charge is -2.33. The summed E-state index contributed by atoms with van der Waals surface area (Å²) in [4.78, 5) is 0. The quantitative estimate of drug-likeness (QED) is 0.459. The Hall–Kier alpha value is -1.70.